The SMILES string of the molecule is CCCCOc1ccc(C(=O)NNC(=O)[C@H]2[C@@H](C(=O)O)[C@@H]3CC[C@@H]2C3=C(C)C)cc1. The van der Waals surface area contributed by atoms with Gasteiger partial charge < -0.3 is 9.84 Å². The van der Waals surface area contributed by atoms with Gasteiger partial charge in [0.2, 0.25) is 5.91 Å². The van der Waals surface area contributed by atoms with E-state index in [-0.39, 0.29) is 11.8 Å². The van der Waals surface area contributed by atoms with Gasteiger partial charge in [-0.1, -0.05) is 24.5 Å². The lowest BCUT2D eigenvalue weighted by Gasteiger charge is -2.26. The Balaban J connectivity index is 1.61. The first-order chi connectivity index (χ1) is 14.3. The molecule has 2 aliphatic rings. The molecule has 4 atom stereocenters. The third-order valence-electron chi connectivity index (χ3n) is 6.19. The molecule has 2 bridgehead atoms. The maximum absolute atomic E-state index is 12.8. The van der Waals surface area contributed by atoms with Gasteiger partial charge in [-0.25, -0.2) is 0 Å². The van der Waals surface area contributed by atoms with Crippen LogP contribution in [0.15, 0.2) is 35.4 Å². The van der Waals surface area contributed by atoms with Crippen molar-refractivity contribution < 1.29 is 24.2 Å². The summed E-state index contributed by atoms with van der Waals surface area (Å²) in [5.74, 6) is -2.74. The van der Waals surface area contributed by atoms with Crippen LogP contribution < -0.4 is 15.6 Å². The van der Waals surface area contributed by atoms with Crippen LogP contribution in [-0.4, -0.2) is 29.5 Å². The lowest BCUT2D eigenvalue weighted by Crippen LogP contribution is -2.48. The van der Waals surface area contributed by atoms with Gasteiger partial charge in [0.25, 0.3) is 5.91 Å². The number of benzene rings is 1. The molecule has 0 aromatic heterocycles. The fraction of sp³-hybridized carbons (Fsp3) is 0.522. The Morgan fingerprint density at radius 2 is 1.67 bits per heavy atom. The molecule has 1 aromatic rings. The smallest absolute Gasteiger partial charge is 0.307 e. The van der Waals surface area contributed by atoms with E-state index in [0.717, 1.165) is 36.8 Å². The topological polar surface area (TPSA) is 105 Å². The zero-order chi connectivity index (χ0) is 21.8. The van der Waals surface area contributed by atoms with Gasteiger partial charge in [0.15, 0.2) is 0 Å². The van der Waals surface area contributed by atoms with E-state index < -0.39 is 29.6 Å². The second kappa shape index (κ2) is 9.32. The Kier molecular flexibility index (Phi) is 6.80. The minimum absolute atomic E-state index is 0.0717. The monoisotopic (exact) mass is 414 g/mol. The molecule has 30 heavy (non-hydrogen) atoms. The third kappa shape index (κ3) is 4.35. The van der Waals surface area contributed by atoms with Gasteiger partial charge in [0.1, 0.15) is 5.75 Å². The predicted octanol–water partition coefficient (Wildman–Crippen LogP) is 3.32. The van der Waals surface area contributed by atoms with Gasteiger partial charge in [-0.15, -0.1) is 0 Å². The van der Waals surface area contributed by atoms with Gasteiger partial charge in [-0.3, -0.25) is 25.2 Å². The standard InChI is InChI=1S/C23H30N2O5/c1-4-5-12-30-15-8-6-14(7-9-15)21(26)24-25-22(27)19-16-10-11-17(18(16)13(2)3)20(19)23(28)29/h6-9,16-17,19-20H,4-5,10-12H2,1-3H3,(H,24,26)(H,25,27)(H,28,29)/t16-,17-,19-,20+/m1/s1. The molecule has 0 aliphatic heterocycles. The number of ether oxygens (including phenoxy) is 1. The summed E-state index contributed by atoms with van der Waals surface area (Å²) in [6.45, 7) is 6.65. The fourth-order valence-corrected chi connectivity index (χ4v) is 4.92. The number of carboxylic acid groups (broad SMARTS) is 1. The molecule has 7 heteroatoms. The zero-order valence-electron chi connectivity index (χ0n) is 17.7. The number of carbonyl (C=O) groups is 3. The number of rotatable bonds is 7. The summed E-state index contributed by atoms with van der Waals surface area (Å²) in [4.78, 5) is 37.1. The van der Waals surface area contributed by atoms with Crippen molar-refractivity contribution in [1.82, 2.24) is 10.9 Å². The molecule has 3 N–H and O–H groups in total. The van der Waals surface area contributed by atoms with Crippen LogP contribution >= 0.6 is 0 Å². The van der Waals surface area contributed by atoms with Gasteiger partial charge in [-0.05, 0) is 69.2 Å². The lowest BCUT2D eigenvalue weighted by atomic mass is 9.79. The predicted molar refractivity (Wildman–Crippen MR) is 112 cm³/mol. The molecule has 0 radical (unpaired) electrons. The molecule has 2 amide bonds. The third-order valence-corrected chi connectivity index (χ3v) is 6.19. The van der Waals surface area contributed by atoms with Crippen LogP contribution in [0.4, 0.5) is 0 Å². The summed E-state index contributed by atoms with van der Waals surface area (Å²) in [5, 5.41) is 9.71. The number of hydrogen-bond donors (Lipinski definition) is 3. The normalized spacial score (nSPS) is 24.4. The molecular weight excluding hydrogens is 384 g/mol. The van der Waals surface area contributed by atoms with Crippen molar-refractivity contribution in [1.29, 1.82) is 0 Å². The average Bonchev–Trinajstić information content (AvgIpc) is 3.29. The number of allylic oxidation sites excluding steroid dienone is 2. The summed E-state index contributed by atoms with van der Waals surface area (Å²) in [7, 11) is 0. The maximum Gasteiger partial charge on any atom is 0.307 e. The number of nitrogens with one attached hydrogen (secondary N) is 2. The summed E-state index contributed by atoms with van der Waals surface area (Å²) in [5.41, 5.74) is 7.45. The second-order valence-corrected chi connectivity index (χ2v) is 8.31. The maximum atomic E-state index is 12.8. The van der Waals surface area contributed by atoms with E-state index in [1.54, 1.807) is 24.3 Å². The Hall–Kier alpha value is -2.83. The molecule has 1 aromatic carbocycles. The van der Waals surface area contributed by atoms with E-state index in [1.165, 1.54) is 0 Å². The highest BCUT2D eigenvalue weighted by molar-refractivity contribution is 5.96. The van der Waals surface area contributed by atoms with Crippen molar-refractivity contribution in [3.63, 3.8) is 0 Å². The van der Waals surface area contributed by atoms with Crippen molar-refractivity contribution >= 4 is 17.8 Å². The minimum atomic E-state index is -0.953. The van der Waals surface area contributed by atoms with Crippen LogP contribution in [0, 0.1) is 23.7 Å². The molecular formula is C23H30N2O5. The number of aliphatic carboxylic acids is 1. The van der Waals surface area contributed by atoms with Gasteiger partial charge >= 0.3 is 5.97 Å². The van der Waals surface area contributed by atoms with Crippen LogP contribution in [-0.2, 0) is 9.59 Å². The highest BCUT2D eigenvalue weighted by Crippen LogP contribution is 2.57. The quantitative estimate of drug-likeness (QED) is 0.361. The Morgan fingerprint density at radius 3 is 2.23 bits per heavy atom. The first kappa shape index (κ1) is 21.9. The highest BCUT2D eigenvalue weighted by atomic mass is 16.5. The van der Waals surface area contributed by atoms with Crippen LogP contribution in [0.25, 0.3) is 0 Å². The summed E-state index contributed by atoms with van der Waals surface area (Å²) in [6.07, 6.45) is 3.61. The number of carboxylic acids is 1. The average molecular weight is 415 g/mol. The number of hydrogen-bond acceptors (Lipinski definition) is 4. The summed E-state index contributed by atoms with van der Waals surface area (Å²) < 4.78 is 5.58. The fourth-order valence-electron chi connectivity index (χ4n) is 4.92. The Morgan fingerprint density at radius 1 is 1.03 bits per heavy atom. The molecule has 2 fully saturated rings. The van der Waals surface area contributed by atoms with Crippen molar-refractivity contribution in [3.05, 3.63) is 41.0 Å². The van der Waals surface area contributed by atoms with E-state index in [0.29, 0.717) is 17.9 Å². The van der Waals surface area contributed by atoms with Crippen molar-refractivity contribution in [2.24, 2.45) is 23.7 Å². The summed E-state index contributed by atoms with van der Waals surface area (Å²) >= 11 is 0. The van der Waals surface area contributed by atoms with Crippen molar-refractivity contribution in [3.8, 4) is 5.75 Å². The lowest BCUT2D eigenvalue weighted by molar-refractivity contribution is -0.149. The molecule has 0 unspecified atom stereocenters. The van der Waals surface area contributed by atoms with Gasteiger partial charge in [0.05, 0.1) is 18.4 Å². The van der Waals surface area contributed by atoms with Gasteiger partial charge in [-0.2, -0.15) is 0 Å². The summed E-state index contributed by atoms with van der Waals surface area (Å²) in [6, 6.07) is 6.68. The van der Waals surface area contributed by atoms with E-state index in [1.807, 2.05) is 13.8 Å². The largest absolute Gasteiger partial charge is 0.494 e. The number of fused-ring (bicyclic) bond motifs is 2. The molecule has 7 nitrogen and oxygen atoms in total. The molecule has 2 aliphatic carbocycles. The van der Waals surface area contributed by atoms with E-state index in [9.17, 15) is 19.5 Å². The van der Waals surface area contributed by atoms with Crippen molar-refractivity contribution in [2.75, 3.05) is 6.61 Å². The molecule has 2 saturated carbocycles. The first-order valence-electron chi connectivity index (χ1n) is 10.6. The van der Waals surface area contributed by atoms with E-state index in [2.05, 4.69) is 17.8 Å². The number of unbranched alkanes of at least 4 members (excludes halogenated alkanes) is 1. The highest BCUT2D eigenvalue weighted by Gasteiger charge is 2.57. The molecule has 3 rings (SSSR count). The van der Waals surface area contributed by atoms with E-state index in [4.69, 9.17) is 4.74 Å². The minimum Gasteiger partial charge on any atom is -0.494 e. The molecule has 0 heterocycles. The Bertz CT molecular complexity index is 842. The molecule has 0 spiro atoms. The number of amides is 2. The van der Waals surface area contributed by atoms with E-state index >= 15 is 0 Å². The molecule has 0 saturated heterocycles. The second-order valence-electron chi connectivity index (χ2n) is 8.31. The first-order valence-corrected chi connectivity index (χ1v) is 10.6. The number of hydrazine groups is 1. The zero-order valence-corrected chi connectivity index (χ0v) is 17.7. The van der Waals surface area contributed by atoms with Crippen LogP contribution in [0.2, 0.25) is 0 Å². The van der Waals surface area contributed by atoms with Crippen LogP contribution in [0.3, 0.4) is 0 Å². The van der Waals surface area contributed by atoms with Crippen LogP contribution in [0.1, 0.15) is 56.8 Å². The number of carbonyl (C=O) groups excluding carboxylic acids is 2. The Labute approximate surface area is 176 Å². The van der Waals surface area contributed by atoms with Crippen LogP contribution in [0.5, 0.6) is 5.75 Å². The molecule has 162 valence electrons. The van der Waals surface area contributed by atoms with Crippen molar-refractivity contribution in [2.45, 2.75) is 46.5 Å². The van der Waals surface area contributed by atoms with Gasteiger partial charge in [0, 0.05) is 5.56 Å².